The smallest absolute Gasteiger partial charge is 0.314 e. The largest absolute Gasteiger partial charge is 0.457 e. The summed E-state index contributed by atoms with van der Waals surface area (Å²) in [4.78, 5) is 12.4. The topological polar surface area (TPSA) is 26.3 Å². The molecule has 2 heteroatoms. The second kappa shape index (κ2) is 6.90. The van der Waals surface area contributed by atoms with Gasteiger partial charge in [-0.2, -0.15) is 0 Å². The molecule has 0 amide bonds. The molecule has 20 heavy (non-hydrogen) atoms. The lowest BCUT2D eigenvalue weighted by Crippen LogP contribution is -2.17. The number of benzene rings is 2. The van der Waals surface area contributed by atoms with Gasteiger partial charge < -0.3 is 4.74 Å². The summed E-state index contributed by atoms with van der Waals surface area (Å²) in [7, 11) is 0. The second-order valence-corrected chi connectivity index (χ2v) is 4.71. The summed E-state index contributed by atoms with van der Waals surface area (Å²) in [6.45, 7) is 3.54. The van der Waals surface area contributed by atoms with Crippen molar-refractivity contribution in [3.05, 3.63) is 71.8 Å². The van der Waals surface area contributed by atoms with Gasteiger partial charge in [-0.1, -0.05) is 67.6 Å². The zero-order valence-electron chi connectivity index (χ0n) is 12.9. The monoisotopic (exact) mass is 269 g/mol. The highest BCUT2D eigenvalue weighted by molar-refractivity contribution is 5.78. The van der Waals surface area contributed by atoms with E-state index in [1.54, 1.807) is 19.1 Å². The zero-order chi connectivity index (χ0) is 15.3. The summed E-state index contributed by atoms with van der Waals surface area (Å²) in [6.07, 6.45) is -0.728. The SMILES string of the molecule is [2H][C@@](C)(OC(=O)[C@@H](CC)c1ccccc1)c1ccccc1. The van der Waals surface area contributed by atoms with E-state index in [-0.39, 0.29) is 11.9 Å². The lowest BCUT2D eigenvalue weighted by Gasteiger charge is -2.19. The van der Waals surface area contributed by atoms with Crippen LogP contribution >= 0.6 is 0 Å². The first kappa shape index (κ1) is 12.9. The molecule has 2 rings (SSSR count). The molecular formula is C18H20O2. The van der Waals surface area contributed by atoms with Crippen molar-refractivity contribution in [2.75, 3.05) is 0 Å². The van der Waals surface area contributed by atoms with Crippen LogP contribution in [0.4, 0.5) is 0 Å². The van der Waals surface area contributed by atoms with Gasteiger partial charge in [0.1, 0.15) is 6.08 Å². The summed E-state index contributed by atoms with van der Waals surface area (Å²) in [5, 5.41) is 0. The molecule has 2 aromatic rings. The Bertz CT molecular complexity index is 579. The number of carbonyl (C=O) groups excluding carboxylic acids is 1. The van der Waals surface area contributed by atoms with Crippen molar-refractivity contribution >= 4 is 5.97 Å². The Hall–Kier alpha value is -2.09. The number of rotatable bonds is 5. The average Bonchev–Trinajstić information content (AvgIpc) is 2.49. The van der Waals surface area contributed by atoms with Crippen LogP contribution in [-0.2, 0) is 9.53 Å². The Kier molecular flexibility index (Phi) is 4.46. The van der Waals surface area contributed by atoms with Crippen LogP contribution in [0.2, 0.25) is 0 Å². The van der Waals surface area contributed by atoms with Gasteiger partial charge in [0.2, 0.25) is 0 Å². The quantitative estimate of drug-likeness (QED) is 0.748. The van der Waals surface area contributed by atoms with Crippen LogP contribution in [0.5, 0.6) is 0 Å². The molecular weight excluding hydrogens is 248 g/mol. The fraction of sp³-hybridized carbons (Fsp3) is 0.278. The lowest BCUT2D eigenvalue weighted by molar-refractivity contribution is -0.150. The van der Waals surface area contributed by atoms with Gasteiger partial charge in [0.05, 0.1) is 7.29 Å². The summed E-state index contributed by atoms with van der Waals surface area (Å²) in [6, 6.07) is 18.7. The van der Waals surface area contributed by atoms with E-state index in [1.807, 2.05) is 55.5 Å². The number of hydrogen-bond acceptors (Lipinski definition) is 2. The predicted octanol–water partition coefficient (Wildman–Crippen LogP) is 4.48. The summed E-state index contributed by atoms with van der Waals surface area (Å²) < 4.78 is 13.7. The highest BCUT2D eigenvalue weighted by Crippen LogP contribution is 2.25. The summed E-state index contributed by atoms with van der Waals surface area (Å²) in [5.74, 6) is -0.690. The van der Waals surface area contributed by atoms with E-state index < -0.39 is 6.08 Å². The Balaban J connectivity index is 2.16. The summed E-state index contributed by atoms with van der Waals surface area (Å²) in [5.41, 5.74) is 1.59. The van der Waals surface area contributed by atoms with Gasteiger partial charge in [0, 0.05) is 0 Å². The normalized spacial score (nSPS) is 15.8. The van der Waals surface area contributed by atoms with E-state index >= 15 is 0 Å². The first-order chi connectivity index (χ1) is 10.0. The fourth-order valence-corrected chi connectivity index (χ4v) is 2.18. The van der Waals surface area contributed by atoms with Crippen LogP contribution in [0.1, 0.15) is 44.8 Å². The maximum atomic E-state index is 12.4. The van der Waals surface area contributed by atoms with Crippen molar-refractivity contribution in [3.8, 4) is 0 Å². The zero-order valence-corrected chi connectivity index (χ0v) is 11.9. The molecule has 0 radical (unpaired) electrons. The average molecular weight is 269 g/mol. The van der Waals surface area contributed by atoms with E-state index in [1.165, 1.54) is 0 Å². The third-order valence-electron chi connectivity index (χ3n) is 3.33. The van der Waals surface area contributed by atoms with Crippen LogP contribution in [0.3, 0.4) is 0 Å². The highest BCUT2D eigenvalue weighted by atomic mass is 16.5. The minimum atomic E-state index is -1.37. The molecule has 0 saturated carbocycles. The first-order valence-electron chi connectivity index (χ1n) is 7.38. The van der Waals surface area contributed by atoms with Crippen LogP contribution in [0, 0.1) is 0 Å². The maximum Gasteiger partial charge on any atom is 0.314 e. The molecule has 0 fully saturated rings. The fourth-order valence-electron chi connectivity index (χ4n) is 2.18. The van der Waals surface area contributed by atoms with Crippen LogP contribution < -0.4 is 0 Å². The van der Waals surface area contributed by atoms with E-state index in [4.69, 9.17) is 6.11 Å². The first-order valence-corrected chi connectivity index (χ1v) is 6.88. The van der Waals surface area contributed by atoms with Crippen molar-refractivity contribution in [1.82, 2.24) is 0 Å². The van der Waals surface area contributed by atoms with Crippen LogP contribution in [0.25, 0.3) is 0 Å². The third kappa shape index (κ3) is 3.47. The molecule has 0 aliphatic rings. The van der Waals surface area contributed by atoms with E-state index in [0.29, 0.717) is 12.0 Å². The number of ether oxygens (including phenoxy) is 1. The second-order valence-electron chi connectivity index (χ2n) is 4.71. The molecule has 0 heterocycles. The molecule has 0 bridgehead atoms. The molecule has 0 spiro atoms. The lowest BCUT2D eigenvalue weighted by atomic mass is 9.96. The van der Waals surface area contributed by atoms with E-state index in [0.717, 1.165) is 5.56 Å². The minimum Gasteiger partial charge on any atom is -0.457 e. The molecule has 0 aromatic heterocycles. The highest BCUT2D eigenvalue weighted by Gasteiger charge is 2.22. The number of esters is 1. The van der Waals surface area contributed by atoms with Gasteiger partial charge in [-0.3, -0.25) is 4.79 Å². The standard InChI is InChI=1S/C18H20O2/c1-3-17(16-12-8-5-9-13-16)18(19)20-14(2)15-10-6-4-7-11-15/h4-14,17H,3H2,1-2H3/t14-,17-/m0/s1/i14D. The number of carbonyl (C=O) groups is 1. The molecule has 2 nitrogen and oxygen atoms in total. The van der Waals surface area contributed by atoms with E-state index in [9.17, 15) is 4.79 Å². The van der Waals surface area contributed by atoms with Crippen molar-refractivity contribution in [1.29, 1.82) is 0 Å². The maximum absolute atomic E-state index is 12.4. The molecule has 0 aliphatic heterocycles. The van der Waals surface area contributed by atoms with Crippen molar-refractivity contribution in [3.63, 3.8) is 0 Å². The third-order valence-corrected chi connectivity index (χ3v) is 3.33. The van der Waals surface area contributed by atoms with E-state index in [2.05, 4.69) is 0 Å². The van der Waals surface area contributed by atoms with Gasteiger partial charge in [-0.05, 0) is 24.5 Å². The molecule has 0 N–H and O–H groups in total. The Morgan fingerprint density at radius 3 is 2.05 bits per heavy atom. The van der Waals surface area contributed by atoms with Crippen molar-refractivity contribution in [2.24, 2.45) is 0 Å². The Labute approximate surface area is 121 Å². The van der Waals surface area contributed by atoms with Gasteiger partial charge in [-0.15, -0.1) is 0 Å². The van der Waals surface area contributed by atoms with Crippen LogP contribution in [-0.4, -0.2) is 5.97 Å². The Morgan fingerprint density at radius 1 is 1.05 bits per heavy atom. The molecule has 2 aromatic carbocycles. The molecule has 104 valence electrons. The summed E-state index contributed by atoms with van der Waals surface area (Å²) >= 11 is 0. The van der Waals surface area contributed by atoms with Gasteiger partial charge in [-0.25, -0.2) is 0 Å². The van der Waals surface area contributed by atoms with Gasteiger partial charge in [0.25, 0.3) is 0 Å². The molecule has 2 atom stereocenters. The Morgan fingerprint density at radius 2 is 1.55 bits per heavy atom. The van der Waals surface area contributed by atoms with Crippen LogP contribution in [0.15, 0.2) is 60.7 Å². The van der Waals surface area contributed by atoms with Gasteiger partial charge >= 0.3 is 5.97 Å². The molecule has 0 aliphatic carbocycles. The number of hydrogen-bond donors (Lipinski definition) is 0. The molecule has 0 unspecified atom stereocenters. The minimum absolute atomic E-state index is 0.334. The van der Waals surface area contributed by atoms with Crippen molar-refractivity contribution < 1.29 is 10.9 Å². The van der Waals surface area contributed by atoms with Crippen molar-refractivity contribution in [2.45, 2.75) is 32.3 Å². The predicted molar refractivity (Wildman–Crippen MR) is 80.4 cm³/mol. The van der Waals surface area contributed by atoms with Gasteiger partial charge in [0.15, 0.2) is 0 Å². The molecule has 0 saturated heterocycles.